The first kappa shape index (κ1) is 12.4. The van der Waals surface area contributed by atoms with Crippen LogP contribution < -0.4 is 0 Å². The number of nitrogens with one attached hydrogen (secondary N) is 1. The quantitative estimate of drug-likeness (QED) is 0.733. The smallest absolute Gasteiger partial charge is 0.208 e. The van der Waals surface area contributed by atoms with Crippen molar-refractivity contribution >= 4 is 23.1 Å². The minimum absolute atomic E-state index is 0.779. The normalized spacial score (nSPS) is 10.7. The SMILES string of the molecule is c1ccc(Cc2nc(SCc3nccs3)n[nH]2)cc1. The highest BCUT2D eigenvalue weighted by Gasteiger charge is 2.06. The zero-order valence-electron chi connectivity index (χ0n) is 10.1. The van der Waals surface area contributed by atoms with Crippen LogP contribution in [0.4, 0.5) is 0 Å². The van der Waals surface area contributed by atoms with Crippen molar-refractivity contribution in [2.75, 3.05) is 0 Å². The Kier molecular flexibility index (Phi) is 3.90. The Bertz CT molecular complexity index is 619. The highest BCUT2D eigenvalue weighted by Crippen LogP contribution is 2.20. The minimum atomic E-state index is 0.779. The molecule has 3 aromatic rings. The van der Waals surface area contributed by atoms with Crippen LogP contribution in [0, 0.1) is 0 Å². The molecule has 1 aromatic carbocycles. The topological polar surface area (TPSA) is 54.5 Å². The van der Waals surface area contributed by atoms with Crippen LogP contribution in [0.1, 0.15) is 16.4 Å². The number of thiazole rings is 1. The molecule has 0 bridgehead atoms. The van der Waals surface area contributed by atoms with E-state index in [0.29, 0.717) is 0 Å². The summed E-state index contributed by atoms with van der Waals surface area (Å²) < 4.78 is 0. The average molecular weight is 288 g/mol. The van der Waals surface area contributed by atoms with E-state index in [-0.39, 0.29) is 0 Å². The second-order valence-corrected chi connectivity index (χ2v) is 5.86. The van der Waals surface area contributed by atoms with Gasteiger partial charge < -0.3 is 0 Å². The Hall–Kier alpha value is -1.66. The summed E-state index contributed by atoms with van der Waals surface area (Å²) >= 11 is 3.26. The maximum atomic E-state index is 4.48. The van der Waals surface area contributed by atoms with E-state index in [1.807, 2.05) is 29.8 Å². The van der Waals surface area contributed by atoms with Gasteiger partial charge in [-0.2, -0.15) is 0 Å². The molecule has 2 aromatic heterocycles. The predicted molar refractivity (Wildman–Crippen MR) is 77.3 cm³/mol. The van der Waals surface area contributed by atoms with E-state index in [1.165, 1.54) is 5.56 Å². The van der Waals surface area contributed by atoms with E-state index < -0.39 is 0 Å². The largest absolute Gasteiger partial charge is 0.262 e. The van der Waals surface area contributed by atoms with Crippen LogP contribution >= 0.6 is 23.1 Å². The van der Waals surface area contributed by atoms with Gasteiger partial charge in [0.2, 0.25) is 5.16 Å². The van der Waals surface area contributed by atoms with Crippen LogP contribution in [-0.2, 0) is 12.2 Å². The molecule has 0 aliphatic carbocycles. The Labute approximate surface area is 119 Å². The van der Waals surface area contributed by atoms with Gasteiger partial charge in [-0.3, -0.25) is 5.10 Å². The first-order valence-corrected chi connectivity index (χ1v) is 7.73. The van der Waals surface area contributed by atoms with Crippen molar-refractivity contribution in [3.05, 3.63) is 58.3 Å². The van der Waals surface area contributed by atoms with E-state index in [2.05, 4.69) is 32.3 Å². The Balaban J connectivity index is 1.60. The number of thioether (sulfide) groups is 1. The molecule has 1 N–H and O–H groups in total. The first-order chi connectivity index (χ1) is 9.40. The molecular weight excluding hydrogens is 276 g/mol. The first-order valence-electron chi connectivity index (χ1n) is 5.86. The zero-order valence-corrected chi connectivity index (χ0v) is 11.7. The molecule has 6 heteroatoms. The van der Waals surface area contributed by atoms with Crippen LogP contribution in [0.15, 0.2) is 47.1 Å². The number of H-pyrrole nitrogens is 1. The third-order valence-corrected chi connectivity index (χ3v) is 4.35. The third-order valence-electron chi connectivity index (χ3n) is 2.53. The van der Waals surface area contributed by atoms with Crippen molar-refractivity contribution in [2.45, 2.75) is 17.3 Å². The molecule has 0 radical (unpaired) electrons. The molecule has 3 rings (SSSR count). The Morgan fingerprint density at radius 3 is 2.89 bits per heavy atom. The lowest BCUT2D eigenvalue weighted by Crippen LogP contribution is -1.90. The van der Waals surface area contributed by atoms with E-state index in [1.54, 1.807) is 23.1 Å². The fraction of sp³-hybridized carbons (Fsp3) is 0.154. The Morgan fingerprint density at radius 1 is 1.21 bits per heavy atom. The van der Waals surface area contributed by atoms with Crippen LogP contribution in [0.5, 0.6) is 0 Å². The van der Waals surface area contributed by atoms with Gasteiger partial charge in [0, 0.05) is 18.0 Å². The maximum absolute atomic E-state index is 4.48. The molecule has 96 valence electrons. The van der Waals surface area contributed by atoms with Gasteiger partial charge >= 0.3 is 0 Å². The summed E-state index contributed by atoms with van der Waals surface area (Å²) in [5.74, 6) is 1.72. The van der Waals surface area contributed by atoms with Gasteiger partial charge in [-0.25, -0.2) is 9.97 Å². The van der Waals surface area contributed by atoms with Gasteiger partial charge in [0.15, 0.2) is 0 Å². The van der Waals surface area contributed by atoms with Crippen molar-refractivity contribution in [2.24, 2.45) is 0 Å². The molecular formula is C13H12N4S2. The molecule has 19 heavy (non-hydrogen) atoms. The van der Waals surface area contributed by atoms with Gasteiger partial charge in [0.25, 0.3) is 0 Å². The summed E-state index contributed by atoms with van der Waals surface area (Å²) in [7, 11) is 0. The summed E-state index contributed by atoms with van der Waals surface area (Å²) in [6, 6.07) is 10.3. The standard InChI is InChI=1S/C13H12N4S2/c1-2-4-10(5-3-1)8-11-15-13(17-16-11)19-9-12-14-6-7-18-12/h1-7H,8-9H2,(H,15,16,17). The highest BCUT2D eigenvalue weighted by atomic mass is 32.2. The van der Waals surface area contributed by atoms with E-state index in [0.717, 1.165) is 28.2 Å². The number of hydrogen-bond acceptors (Lipinski definition) is 5. The van der Waals surface area contributed by atoms with Crippen LogP contribution in [0.25, 0.3) is 0 Å². The van der Waals surface area contributed by atoms with E-state index in [9.17, 15) is 0 Å². The van der Waals surface area contributed by atoms with Gasteiger partial charge in [-0.05, 0) is 5.56 Å². The summed E-state index contributed by atoms with van der Waals surface area (Å²) in [6.07, 6.45) is 2.60. The lowest BCUT2D eigenvalue weighted by molar-refractivity contribution is 0.956. The van der Waals surface area contributed by atoms with Gasteiger partial charge in [-0.15, -0.1) is 16.4 Å². The van der Waals surface area contributed by atoms with Crippen molar-refractivity contribution in [1.82, 2.24) is 20.2 Å². The number of aromatic amines is 1. The number of benzene rings is 1. The molecule has 0 saturated carbocycles. The fourth-order valence-electron chi connectivity index (χ4n) is 1.66. The highest BCUT2D eigenvalue weighted by molar-refractivity contribution is 7.98. The molecule has 0 atom stereocenters. The monoisotopic (exact) mass is 288 g/mol. The molecule has 0 aliphatic heterocycles. The Morgan fingerprint density at radius 2 is 2.11 bits per heavy atom. The molecule has 0 aliphatic rings. The number of aromatic nitrogens is 4. The lowest BCUT2D eigenvalue weighted by Gasteiger charge is -1.95. The van der Waals surface area contributed by atoms with Crippen LogP contribution in [0.3, 0.4) is 0 Å². The van der Waals surface area contributed by atoms with Crippen molar-refractivity contribution in [1.29, 1.82) is 0 Å². The van der Waals surface area contributed by atoms with Gasteiger partial charge in [-0.1, -0.05) is 42.1 Å². The molecule has 0 amide bonds. The summed E-state index contributed by atoms with van der Waals surface area (Å²) in [4.78, 5) is 8.72. The molecule has 0 spiro atoms. The molecule has 0 fully saturated rings. The summed E-state index contributed by atoms with van der Waals surface area (Å²) in [6.45, 7) is 0. The van der Waals surface area contributed by atoms with Crippen LogP contribution in [-0.4, -0.2) is 20.2 Å². The number of rotatable bonds is 5. The van der Waals surface area contributed by atoms with E-state index >= 15 is 0 Å². The van der Waals surface area contributed by atoms with E-state index in [4.69, 9.17) is 0 Å². The summed E-state index contributed by atoms with van der Waals surface area (Å²) in [5, 5.41) is 11.1. The second-order valence-electron chi connectivity index (χ2n) is 3.94. The van der Waals surface area contributed by atoms with Gasteiger partial charge in [0.1, 0.15) is 10.8 Å². The number of hydrogen-bond donors (Lipinski definition) is 1. The van der Waals surface area contributed by atoms with Crippen molar-refractivity contribution in [3.8, 4) is 0 Å². The average Bonchev–Trinajstić information content (AvgIpc) is 3.09. The van der Waals surface area contributed by atoms with Gasteiger partial charge in [0.05, 0.1) is 5.75 Å². The predicted octanol–water partition coefficient (Wildman–Crippen LogP) is 3.14. The molecule has 0 unspecified atom stereocenters. The zero-order chi connectivity index (χ0) is 12.9. The fourth-order valence-corrected chi connectivity index (χ4v) is 3.12. The molecule has 4 nitrogen and oxygen atoms in total. The maximum Gasteiger partial charge on any atom is 0.208 e. The van der Waals surface area contributed by atoms with Crippen molar-refractivity contribution < 1.29 is 0 Å². The molecule has 0 saturated heterocycles. The third kappa shape index (κ3) is 3.42. The van der Waals surface area contributed by atoms with Crippen molar-refractivity contribution in [3.63, 3.8) is 0 Å². The minimum Gasteiger partial charge on any atom is -0.262 e. The number of nitrogens with zero attached hydrogens (tertiary/aromatic N) is 3. The lowest BCUT2D eigenvalue weighted by atomic mass is 10.1. The second kappa shape index (κ2) is 5.99. The van der Waals surface area contributed by atoms with Crippen LogP contribution in [0.2, 0.25) is 0 Å². The molecule has 2 heterocycles. The summed E-state index contributed by atoms with van der Waals surface area (Å²) in [5.41, 5.74) is 1.23.